The molecule has 0 aliphatic heterocycles. The third kappa shape index (κ3) is 3.80. The lowest BCUT2D eigenvalue weighted by atomic mass is 10.4. The van der Waals surface area contributed by atoms with Gasteiger partial charge in [-0.15, -0.1) is 0 Å². The van der Waals surface area contributed by atoms with Crippen molar-refractivity contribution in [3.63, 3.8) is 0 Å². The molecule has 0 saturated carbocycles. The van der Waals surface area contributed by atoms with Crippen molar-refractivity contribution in [2.45, 2.75) is 37.4 Å². The Hall–Kier alpha value is -1.89. The van der Waals surface area contributed by atoms with E-state index in [2.05, 4.69) is 32.2 Å². The van der Waals surface area contributed by atoms with E-state index in [1.807, 2.05) is 6.92 Å². The third-order valence-corrected chi connectivity index (χ3v) is 3.49. The molecule has 0 aliphatic rings. The fraction of sp³-hybridized carbons (Fsp3) is 0.385. The first-order valence-electron chi connectivity index (χ1n) is 6.42. The molecule has 0 radical (unpaired) electrons. The molecule has 0 aliphatic carbocycles. The molecular weight excluding hydrogens is 274 g/mol. The van der Waals surface area contributed by atoms with E-state index in [0.717, 1.165) is 23.6 Å². The smallest absolute Gasteiger partial charge is 0.251 e. The van der Waals surface area contributed by atoms with Crippen molar-refractivity contribution in [2.75, 3.05) is 11.9 Å². The average molecular weight is 291 g/mol. The van der Waals surface area contributed by atoms with E-state index in [0.29, 0.717) is 16.8 Å². The third-order valence-electron chi connectivity index (χ3n) is 2.50. The van der Waals surface area contributed by atoms with Crippen LogP contribution in [0.25, 0.3) is 0 Å². The van der Waals surface area contributed by atoms with E-state index >= 15 is 0 Å². The first-order valence-corrected chi connectivity index (χ1v) is 7.23. The van der Waals surface area contributed by atoms with Crippen molar-refractivity contribution < 1.29 is 0 Å². The molecule has 0 amide bonds. The summed E-state index contributed by atoms with van der Waals surface area (Å²) in [4.78, 5) is 27.1. The Morgan fingerprint density at radius 2 is 2.15 bits per heavy atom. The zero-order valence-electron chi connectivity index (χ0n) is 11.7. The fourth-order valence-electron chi connectivity index (χ4n) is 1.54. The van der Waals surface area contributed by atoms with Gasteiger partial charge in [-0.1, -0.05) is 6.92 Å². The second kappa shape index (κ2) is 6.51. The molecule has 0 fully saturated rings. The lowest BCUT2D eigenvalue weighted by Gasteiger charge is -2.07. The highest BCUT2D eigenvalue weighted by molar-refractivity contribution is 7.99. The van der Waals surface area contributed by atoms with Crippen LogP contribution < -0.4 is 10.9 Å². The first kappa shape index (κ1) is 14.5. The van der Waals surface area contributed by atoms with Gasteiger partial charge in [-0.05, 0) is 32.0 Å². The van der Waals surface area contributed by atoms with Gasteiger partial charge in [-0.3, -0.25) is 4.79 Å². The lowest BCUT2D eigenvalue weighted by Crippen LogP contribution is -2.09. The van der Waals surface area contributed by atoms with Gasteiger partial charge in [0.15, 0.2) is 5.16 Å². The van der Waals surface area contributed by atoms with E-state index < -0.39 is 0 Å². The molecule has 7 heteroatoms. The molecule has 0 bridgehead atoms. The largest absolute Gasteiger partial charge is 0.354 e. The molecule has 2 rings (SSSR count). The minimum atomic E-state index is -0.156. The van der Waals surface area contributed by atoms with Crippen LogP contribution in [0.4, 0.5) is 5.95 Å². The van der Waals surface area contributed by atoms with Crippen LogP contribution in [-0.4, -0.2) is 26.5 Å². The predicted molar refractivity (Wildman–Crippen MR) is 79.3 cm³/mol. The van der Waals surface area contributed by atoms with E-state index in [1.165, 1.54) is 17.8 Å². The maximum absolute atomic E-state index is 11.4. The molecule has 0 spiro atoms. The second-order valence-electron chi connectivity index (χ2n) is 4.40. The number of anilines is 1. The highest BCUT2D eigenvalue weighted by atomic mass is 32.2. The average Bonchev–Trinajstić information content (AvgIpc) is 2.38. The molecule has 0 saturated heterocycles. The lowest BCUT2D eigenvalue weighted by molar-refractivity contribution is 0.892. The zero-order chi connectivity index (χ0) is 14.5. The van der Waals surface area contributed by atoms with Gasteiger partial charge in [0.2, 0.25) is 5.95 Å². The van der Waals surface area contributed by atoms with E-state index in [4.69, 9.17) is 0 Å². The van der Waals surface area contributed by atoms with Crippen molar-refractivity contribution in [1.82, 2.24) is 19.9 Å². The van der Waals surface area contributed by atoms with Gasteiger partial charge in [-0.2, -0.15) is 0 Å². The Bertz CT molecular complexity index is 655. The van der Waals surface area contributed by atoms with Crippen LogP contribution in [0, 0.1) is 13.8 Å². The molecule has 2 aromatic heterocycles. The zero-order valence-corrected chi connectivity index (χ0v) is 12.5. The Morgan fingerprint density at radius 3 is 2.85 bits per heavy atom. The molecule has 0 atom stereocenters. The molecule has 106 valence electrons. The summed E-state index contributed by atoms with van der Waals surface area (Å²) in [5.41, 5.74) is 1.48. The summed E-state index contributed by atoms with van der Waals surface area (Å²) < 4.78 is 0. The summed E-state index contributed by atoms with van der Waals surface area (Å²) in [5.74, 6) is 0.593. The van der Waals surface area contributed by atoms with Gasteiger partial charge in [0.05, 0.1) is 0 Å². The van der Waals surface area contributed by atoms with Gasteiger partial charge in [0, 0.05) is 30.1 Å². The minimum Gasteiger partial charge on any atom is -0.354 e. The number of nitrogens with one attached hydrogen (secondary N) is 2. The minimum absolute atomic E-state index is 0.156. The summed E-state index contributed by atoms with van der Waals surface area (Å²) in [6.45, 7) is 6.63. The van der Waals surface area contributed by atoms with Crippen LogP contribution in [0.1, 0.15) is 24.6 Å². The predicted octanol–water partition coefficient (Wildman–Crippen LogP) is 2.15. The number of hydrogen-bond acceptors (Lipinski definition) is 6. The van der Waals surface area contributed by atoms with Crippen LogP contribution in [0.2, 0.25) is 0 Å². The molecule has 2 N–H and O–H groups in total. The molecule has 0 unspecified atom stereocenters. The Kier molecular flexibility index (Phi) is 4.73. The van der Waals surface area contributed by atoms with Gasteiger partial charge >= 0.3 is 0 Å². The van der Waals surface area contributed by atoms with Gasteiger partial charge in [-0.25, -0.2) is 15.0 Å². The maximum Gasteiger partial charge on any atom is 0.251 e. The van der Waals surface area contributed by atoms with Crippen molar-refractivity contribution in [3.05, 3.63) is 33.9 Å². The van der Waals surface area contributed by atoms with Crippen LogP contribution in [0.5, 0.6) is 0 Å². The topological polar surface area (TPSA) is 83.6 Å². The van der Waals surface area contributed by atoms with Gasteiger partial charge in [0.1, 0.15) is 5.03 Å². The Balaban J connectivity index is 2.25. The van der Waals surface area contributed by atoms with Crippen LogP contribution >= 0.6 is 11.8 Å². The quantitative estimate of drug-likeness (QED) is 0.648. The Morgan fingerprint density at radius 1 is 1.35 bits per heavy atom. The number of aromatic amines is 1. The summed E-state index contributed by atoms with van der Waals surface area (Å²) in [6, 6.07) is 1.46. The maximum atomic E-state index is 11.4. The summed E-state index contributed by atoms with van der Waals surface area (Å²) >= 11 is 1.33. The van der Waals surface area contributed by atoms with Crippen LogP contribution in [0.3, 0.4) is 0 Å². The van der Waals surface area contributed by atoms with Crippen molar-refractivity contribution >= 4 is 17.7 Å². The number of H-pyrrole nitrogens is 1. The van der Waals surface area contributed by atoms with E-state index in [9.17, 15) is 4.79 Å². The van der Waals surface area contributed by atoms with Crippen molar-refractivity contribution in [1.29, 1.82) is 0 Å². The molecule has 6 nitrogen and oxygen atoms in total. The van der Waals surface area contributed by atoms with Gasteiger partial charge < -0.3 is 10.3 Å². The SMILES string of the molecule is CCCNc1ncc(C)c(Sc2nc(C)cc(=O)[nH]2)n1. The molecular formula is C13H17N5OS. The number of nitrogens with zero attached hydrogens (tertiary/aromatic N) is 3. The number of aromatic nitrogens is 4. The molecule has 0 aromatic carbocycles. The first-order chi connectivity index (χ1) is 9.58. The van der Waals surface area contributed by atoms with Crippen LogP contribution in [0.15, 0.2) is 27.2 Å². The summed E-state index contributed by atoms with van der Waals surface area (Å²) in [7, 11) is 0. The highest BCUT2D eigenvalue weighted by Gasteiger charge is 2.08. The second-order valence-corrected chi connectivity index (χ2v) is 5.38. The van der Waals surface area contributed by atoms with E-state index in [-0.39, 0.29) is 5.56 Å². The van der Waals surface area contributed by atoms with Crippen LogP contribution in [-0.2, 0) is 0 Å². The number of hydrogen-bond donors (Lipinski definition) is 2. The monoisotopic (exact) mass is 291 g/mol. The van der Waals surface area contributed by atoms with Crippen molar-refractivity contribution in [3.8, 4) is 0 Å². The van der Waals surface area contributed by atoms with Crippen molar-refractivity contribution in [2.24, 2.45) is 0 Å². The fourth-order valence-corrected chi connectivity index (χ4v) is 2.41. The van der Waals surface area contributed by atoms with E-state index in [1.54, 1.807) is 13.1 Å². The highest BCUT2D eigenvalue weighted by Crippen LogP contribution is 2.25. The normalized spacial score (nSPS) is 10.6. The number of rotatable bonds is 5. The van der Waals surface area contributed by atoms with Gasteiger partial charge in [0.25, 0.3) is 5.56 Å². The summed E-state index contributed by atoms with van der Waals surface area (Å²) in [5, 5.41) is 4.47. The molecule has 2 heterocycles. The molecule has 2 aromatic rings. The number of aryl methyl sites for hydroxylation is 2. The molecule has 20 heavy (non-hydrogen) atoms. The Labute approximate surface area is 121 Å². The standard InChI is InChI=1S/C13H17N5OS/c1-4-5-14-12-15-7-8(2)11(18-12)20-13-16-9(3)6-10(19)17-13/h6-7H,4-5H2,1-3H3,(H,14,15,18)(H,16,17,19). The summed E-state index contributed by atoms with van der Waals surface area (Å²) in [6.07, 6.45) is 2.77.